The number of amides is 2. The van der Waals surface area contributed by atoms with E-state index in [1.807, 2.05) is 0 Å². The van der Waals surface area contributed by atoms with E-state index in [-0.39, 0.29) is 29.8 Å². The molecule has 3 N–H and O–H groups in total. The normalized spacial score (nSPS) is 10.2. The number of nitrogens with one attached hydrogen (secondary N) is 2. The summed E-state index contributed by atoms with van der Waals surface area (Å²) in [5.74, 6) is -0.262. The fraction of sp³-hybridized carbons (Fsp3) is 0.263. The van der Waals surface area contributed by atoms with Gasteiger partial charge < -0.3 is 20.5 Å². The summed E-state index contributed by atoms with van der Waals surface area (Å²) in [6.07, 6.45) is 0.781. The Bertz CT molecular complexity index is 735. The zero-order valence-corrected chi connectivity index (χ0v) is 14.2. The molecule has 7 heteroatoms. The van der Waals surface area contributed by atoms with Gasteiger partial charge in [0.1, 0.15) is 17.3 Å². The minimum atomic E-state index is -0.366. The van der Waals surface area contributed by atoms with Gasteiger partial charge in [0.15, 0.2) is 0 Å². The number of hydrogen-bond acceptors (Lipinski definition) is 4. The zero-order valence-electron chi connectivity index (χ0n) is 14.2. The lowest BCUT2D eigenvalue weighted by molar-refractivity contribution is -0.121. The number of benzene rings is 2. The van der Waals surface area contributed by atoms with E-state index in [2.05, 4.69) is 10.6 Å². The number of carbonyl (C=O) groups is 2. The molecule has 6 nitrogen and oxygen atoms in total. The van der Waals surface area contributed by atoms with Crippen LogP contribution in [0.3, 0.4) is 0 Å². The highest BCUT2D eigenvalue weighted by Crippen LogP contribution is 2.12. The fourth-order valence-corrected chi connectivity index (χ4v) is 2.16. The monoisotopic (exact) mass is 360 g/mol. The maximum atomic E-state index is 13.0. The average Bonchev–Trinajstić information content (AvgIpc) is 2.63. The van der Waals surface area contributed by atoms with Crippen LogP contribution >= 0.6 is 0 Å². The Balaban J connectivity index is 1.54. The van der Waals surface area contributed by atoms with Gasteiger partial charge in [-0.3, -0.25) is 9.59 Å². The standard InChI is InChI=1S/C19H21FN2O4/c20-15-3-1-4-17(13-15)26-12-2-5-18(24)21-10-11-22-19(25)14-6-8-16(23)9-7-14/h1,3-4,6-9,13,23H,2,5,10-12H2,(H,21,24)(H,22,25). The van der Waals surface area contributed by atoms with Crippen LogP contribution in [-0.4, -0.2) is 36.6 Å². The number of phenols is 1. The van der Waals surface area contributed by atoms with Crippen molar-refractivity contribution in [1.29, 1.82) is 0 Å². The van der Waals surface area contributed by atoms with E-state index in [4.69, 9.17) is 4.74 Å². The highest BCUT2D eigenvalue weighted by Gasteiger charge is 2.05. The lowest BCUT2D eigenvalue weighted by atomic mass is 10.2. The highest BCUT2D eigenvalue weighted by atomic mass is 19.1. The number of rotatable bonds is 9. The minimum absolute atomic E-state index is 0.0928. The van der Waals surface area contributed by atoms with Gasteiger partial charge in [0.2, 0.25) is 5.91 Å². The minimum Gasteiger partial charge on any atom is -0.508 e. The van der Waals surface area contributed by atoms with Crippen LogP contribution in [0.4, 0.5) is 4.39 Å². The Hall–Kier alpha value is -3.09. The van der Waals surface area contributed by atoms with E-state index in [0.717, 1.165) is 0 Å². The molecule has 0 aromatic heterocycles. The van der Waals surface area contributed by atoms with Crippen LogP contribution in [0.25, 0.3) is 0 Å². The summed E-state index contributed by atoms with van der Waals surface area (Å²) in [4.78, 5) is 23.5. The molecule has 0 saturated carbocycles. The molecule has 2 aromatic rings. The Labute approximate surface area is 151 Å². The van der Waals surface area contributed by atoms with E-state index in [0.29, 0.717) is 37.4 Å². The maximum absolute atomic E-state index is 13.0. The first-order valence-corrected chi connectivity index (χ1v) is 8.27. The number of halogens is 1. The van der Waals surface area contributed by atoms with E-state index in [9.17, 15) is 19.1 Å². The first-order chi connectivity index (χ1) is 12.5. The van der Waals surface area contributed by atoms with Gasteiger partial charge in [0.25, 0.3) is 5.91 Å². The quantitative estimate of drug-likeness (QED) is 0.599. The maximum Gasteiger partial charge on any atom is 0.251 e. The number of hydrogen-bond donors (Lipinski definition) is 3. The van der Waals surface area contributed by atoms with Crippen LogP contribution < -0.4 is 15.4 Å². The molecule has 0 heterocycles. The summed E-state index contributed by atoms with van der Waals surface area (Å²) in [6.45, 7) is 0.924. The third kappa shape index (κ3) is 6.80. The molecule has 138 valence electrons. The van der Waals surface area contributed by atoms with Gasteiger partial charge in [-0.05, 0) is 42.8 Å². The smallest absolute Gasteiger partial charge is 0.251 e. The van der Waals surface area contributed by atoms with Crippen molar-refractivity contribution >= 4 is 11.8 Å². The van der Waals surface area contributed by atoms with Gasteiger partial charge in [0, 0.05) is 31.1 Å². The summed E-state index contributed by atoms with van der Waals surface area (Å²) in [5.41, 5.74) is 0.434. The summed E-state index contributed by atoms with van der Waals surface area (Å²) < 4.78 is 18.3. The summed E-state index contributed by atoms with van der Waals surface area (Å²) in [5, 5.41) is 14.5. The third-order valence-electron chi connectivity index (χ3n) is 3.48. The van der Waals surface area contributed by atoms with Gasteiger partial charge in [0.05, 0.1) is 6.61 Å². The van der Waals surface area contributed by atoms with Crippen molar-refractivity contribution < 1.29 is 23.8 Å². The van der Waals surface area contributed by atoms with Crippen LogP contribution in [-0.2, 0) is 4.79 Å². The van der Waals surface area contributed by atoms with E-state index in [1.54, 1.807) is 12.1 Å². The molecule has 0 atom stereocenters. The van der Waals surface area contributed by atoms with Crippen LogP contribution in [0.5, 0.6) is 11.5 Å². The van der Waals surface area contributed by atoms with E-state index >= 15 is 0 Å². The second-order valence-electron chi connectivity index (χ2n) is 5.56. The SMILES string of the molecule is O=C(CCCOc1cccc(F)c1)NCCNC(=O)c1ccc(O)cc1. The topological polar surface area (TPSA) is 87.7 Å². The summed E-state index contributed by atoms with van der Waals surface area (Å²) >= 11 is 0. The second-order valence-corrected chi connectivity index (χ2v) is 5.56. The average molecular weight is 360 g/mol. The Morgan fingerprint density at radius 1 is 1.04 bits per heavy atom. The van der Waals surface area contributed by atoms with Crippen LogP contribution in [0.2, 0.25) is 0 Å². The molecule has 0 fully saturated rings. The molecule has 0 radical (unpaired) electrons. The van der Waals surface area contributed by atoms with Crippen molar-refractivity contribution in [2.45, 2.75) is 12.8 Å². The van der Waals surface area contributed by atoms with E-state index in [1.165, 1.54) is 36.4 Å². The number of phenolic OH excluding ortho intramolecular Hbond substituents is 1. The Morgan fingerprint density at radius 2 is 1.77 bits per heavy atom. The second kappa shape index (κ2) is 10.0. The third-order valence-corrected chi connectivity index (χ3v) is 3.48. The Kier molecular flexibility index (Phi) is 7.42. The molecular weight excluding hydrogens is 339 g/mol. The molecule has 0 aliphatic carbocycles. The molecule has 0 bridgehead atoms. The predicted molar refractivity (Wildman–Crippen MR) is 94.6 cm³/mol. The number of carbonyl (C=O) groups excluding carboxylic acids is 2. The fourth-order valence-electron chi connectivity index (χ4n) is 2.16. The molecule has 0 aliphatic heterocycles. The lowest BCUT2D eigenvalue weighted by Crippen LogP contribution is -2.34. The van der Waals surface area contributed by atoms with E-state index < -0.39 is 0 Å². The van der Waals surface area contributed by atoms with Crippen molar-refractivity contribution in [3.8, 4) is 11.5 Å². The molecule has 26 heavy (non-hydrogen) atoms. The van der Waals surface area contributed by atoms with Crippen molar-refractivity contribution in [3.63, 3.8) is 0 Å². The molecule has 0 aliphatic rings. The van der Waals surface area contributed by atoms with Gasteiger partial charge in [-0.15, -0.1) is 0 Å². The molecule has 0 spiro atoms. The van der Waals surface area contributed by atoms with Gasteiger partial charge >= 0.3 is 0 Å². The zero-order chi connectivity index (χ0) is 18.8. The largest absolute Gasteiger partial charge is 0.508 e. The number of ether oxygens (including phenoxy) is 1. The summed E-state index contributed by atoms with van der Waals surface area (Å²) in [6, 6.07) is 11.7. The first-order valence-electron chi connectivity index (χ1n) is 8.27. The van der Waals surface area contributed by atoms with Crippen molar-refractivity contribution in [1.82, 2.24) is 10.6 Å². The predicted octanol–water partition coefficient (Wildman–Crippen LogP) is 2.24. The molecule has 2 aromatic carbocycles. The molecule has 2 rings (SSSR count). The van der Waals surface area contributed by atoms with Crippen LogP contribution in [0, 0.1) is 5.82 Å². The molecule has 0 unspecified atom stereocenters. The molecule has 2 amide bonds. The van der Waals surface area contributed by atoms with Gasteiger partial charge in [-0.25, -0.2) is 4.39 Å². The lowest BCUT2D eigenvalue weighted by Gasteiger charge is -2.08. The molecular formula is C19H21FN2O4. The van der Waals surface area contributed by atoms with Gasteiger partial charge in [-0.2, -0.15) is 0 Å². The Morgan fingerprint density at radius 3 is 2.50 bits per heavy atom. The molecule has 0 saturated heterocycles. The first kappa shape index (κ1) is 19.2. The van der Waals surface area contributed by atoms with Crippen molar-refractivity contribution in [3.05, 3.63) is 59.9 Å². The van der Waals surface area contributed by atoms with Crippen molar-refractivity contribution in [2.75, 3.05) is 19.7 Å². The van der Waals surface area contributed by atoms with Crippen LogP contribution in [0.15, 0.2) is 48.5 Å². The number of aromatic hydroxyl groups is 1. The highest BCUT2D eigenvalue weighted by molar-refractivity contribution is 5.94. The van der Waals surface area contributed by atoms with Crippen molar-refractivity contribution in [2.24, 2.45) is 0 Å². The van der Waals surface area contributed by atoms with Crippen LogP contribution in [0.1, 0.15) is 23.2 Å². The summed E-state index contributed by atoms with van der Waals surface area (Å²) in [7, 11) is 0. The van der Waals surface area contributed by atoms with Gasteiger partial charge in [-0.1, -0.05) is 6.07 Å².